The van der Waals surface area contributed by atoms with Gasteiger partial charge in [0.25, 0.3) is 5.91 Å². The maximum Gasteiger partial charge on any atom is 0.290 e. The maximum atomic E-state index is 14.1. The average molecular weight is 431 g/mol. The molecule has 0 radical (unpaired) electrons. The molecule has 4 atom stereocenters. The number of carbonyl (C=O) groups is 2. The van der Waals surface area contributed by atoms with E-state index in [0.29, 0.717) is 37.3 Å². The summed E-state index contributed by atoms with van der Waals surface area (Å²) >= 11 is 0. The van der Waals surface area contributed by atoms with Gasteiger partial charge in [-0.3, -0.25) is 9.59 Å². The lowest BCUT2D eigenvalue weighted by Crippen LogP contribution is -2.42. The van der Waals surface area contributed by atoms with Gasteiger partial charge in [-0.1, -0.05) is 12.1 Å². The highest BCUT2D eigenvalue weighted by molar-refractivity contribution is 6.11. The van der Waals surface area contributed by atoms with E-state index in [2.05, 4.69) is 4.90 Å². The molecule has 31 heavy (non-hydrogen) atoms. The van der Waals surface area contributed by atoms with Gasteiger partial charge in [-0.15, -0.1) is 0 Å². The smallest absolute Gasteiger partial charge is 0.290 e. The number of alkyl halides is 1. The summed E-state index contributed by atoms with van der Waals surface area (Å²) < 4.78 is 25.8. The summed E-state index contributed by atoms with van der Waals surface area (Å²) in [6.07, 6.45) is 0.378. The van der Waals surface area contributed by atoms with Gasteiger partial charge >= 0.3 is 0 Å². The first kappa shape index (κ1) is 21.8. The molecule has 0 bridgehead atoms. The molecular weight excluding hydrogens is 399 g/mol. The Morgan fingerprint density at radius 2 is 2.06 bits per heavy atom. The summed E-state index contributed by atoms with van der Waals surface area (Å²) in [5, 5.41) is 0. The van der Waals surface area contributed by atoms with E-state index in [1.165, 1.54) is 0 Å². The molecule has 3 aliphatic rings. The Hall–Kier alpha value is -2.41. The minimum Gasteiger partial charge on any atom is -0.494 e. The van der Waals surface area contributed by atoms with E-state index in [9.17, 15) is 14.0 Å². The van der Waals surface area contributed by atoms with Crippen LogP contribution >= 0.6 is 0 Å². The highest BCUT2D eigenvalue weighted by Crippen LogP contribution is 2.47. The number of nitrogens with zero attached hydrogens (tertiary/aromatic N) is 2. The number of hydrogen-bond acceptors (Lipinski definition) is 5. The van der Waals surface area contributed by atoms with Crippen LogP contribution in [-0.2, 0) is 14.3 Å². The SMILES string of the molecule is CCOc1cccc(C2C3=C(OC4CCC(F)CC4C3=O)C(=O)N2CCCN(C)C)c1. The van der Waals surface area contributed by atoms with Gasteiger partial charge < -0.3 is 19.3 Å². The number of ketones is 1. The van der Waals surface area contributed by atoms with Crippen LogP contribution in [0.1, 0.15) is 44.2 Å². The fourth-order valence-corrected chi connectivity index (χ4v) is 4.94. The molecule has 0 saturated heterocycles. The number of amides is 1. The van der Waals surface area contributed by atoms with Crippen LogP contribution < -0.4 is 4.74 Å². The number of benzene rings is 1. The standard InChI is InChI=1S/C24H31FN2O4/c1-4-30-17-8-5-7-15(13-17)21-20-22(28)18-14-16(25)9-10-19(18)31-23(20)24(29)27(21)12-6-11-26(2)3/h5,7-8,13,16,18-19,21H,4,6,9-12,14H2,1-3H3. The minimum absolute atomic E-state index is 0.135. The summed E-state index contributed by atoms with van der Waals surface area (Å²) in [7, 11) is 3.98. The molecule has 1 amide bonds. The number of hydrogen-bond donors (Lipinski definition) is 0. The van der Waals surface area contributed by atoms with Crippen molar-refractivity contribution in [2.45, 2.75) is 50.9 Å². The lowest BCUT2D eigenvalue weighted by Gasteiger charge is -2.36. The molecule has 1 aromatic rings. The largest absolute Gasteiger partial charge is 0.494 e. The van der Waals surface area contributed by atoms with Crippen LogP contribution in [0.3, 0.4) is 0 Å². The van der Waals surface area contributed by atoms with Gasteiger partial charge in [-0.2, -0.15) is 0 Å². The molecule has 0 N–H and O–H groups in total. The molecule has 6 nitrogen and oxygen atoms in total. The molecule has 2 heterocycles. The van der Waals surface area contributed by atoms with Gasteiger partial charge in [-0.25, -0.2) is 4.39 Å². The summed E-state index contributed by atoms with van der Waals surface area (Å²) in [5.74, 6) is -0.0354. The predicted octanol–water partition coefficient (Wildman–Crippen LogP) is 3.28. The van der Waals surface area contributed by atoms with Crippen LogP contribution in [0.2, 0.25) is 0 Å². The first-order chi connectivity index (χ1) is 14.9. The molecule has 0 spiro atoms. The van der Waals surface area contributed by atoms with E-state index in [-0.39, 0.29) is 23.9 Å². The molecule has 1 fully saturated rings. The molecule has 2 aliphatic heterocycles. The molecule has 1 aromatic carbocycles. The van der Waals surface area contributed by atoms with Crippen LogP contribution in [0, 0.1) is 5.92 Å². The second kappa shape index (κ2) is 8.99. The number of Topliss-reactive ketones (excluding diaryl/α,β-unsaturated/α-hetero) is 1. The fraction of sp³-hybridized carbons (Fsp3) is 0.583. The first-order valence-electron chi connectivity index (χ1n) is 11.2. The second-order valence-electron chi connectivity index (χ2n) is 8.84. The lowest BCUT2D eigenvalue weighted by atomic mass is 9.77. The zero-order valence-corrected chi connectivity index (χ0v) is 18.5. The van der Waals surface area contributed by atoms with Crippen molar-refractivity contribution in [1.82, 2.24) is 9.80 Å². The van der Waals surface area contributed by atoms with Crippen LogP contribution in [0.15, 0.2) is 35.6 Å². The van der Waals surface area contributed by atoms with Crippen molar-refractivity contribution in [1.29, 1.82) is 0 Å². The first-order valence-corrected chi connectivity index (χ1v) is 11.2. The van der Waals surface area contributed by atoms with E-state index in [4.69, 9.17) is 9.47 Å². The summed E-state index contributed by atoms with van der Waals surface area (Å²) in [4.78, 5) is 30.7. The minimum atomic E-state index is -0.996. The van der Waals surface area contributed by atoms with E-state index in [1.807, 2.05) is 45.3 Å². The Bertz CT molecular complexity index is 884. The Balaban J connectivity index is 1.71. The molecule has 1 saturated carbocycles. The molecule has 1 aliphatic carbocycles. The van der Waals surface area contributed by atoms with Gasteiger partial charge in [-0.05, 0) is 70.9 Å². The normalized spacial score (nSPS) is 28.0. The third kappa shape index (κ3) is 4.20. The zero-order chi connectivity index (χ0) is 22.1. The van der Waals surface area contributed by atoms with E-state index >= 15 is 0 Å². The quantitative estimate of drug-likeness (QED) is 0.665. The number of carbonyl (C=O) groups excluding carboxylic acids is 2. The van der Waals surface area contributed by atoms with Crippen molar-refractivity contribution in [3.05, 3.63) is 41.2 Å². The molecule has 4 rings (SSSR count). The van der Waals surface area contributed by atoms with Gasteiger partial charge in [0, 0.05) is 6.54 Å². The Morgan fingerprint density at radius 1 is 1.26 bits per heavy atom. The van der Waals surface area contributed by atoms with Crippen molar-refractivity contribution in [3.63, 3.8) is 0 Å². The van der Waals surface area contributed by atoms with E-state index in [0.717, 1.165) is 18.5 Å². The third-order valence-electron chi connectivity index (χ3n) is 6.37. The zero-order valence-electron chi connectivity index (χ0n) is 18.5. The van der Waals surface area contributed by atoms with Crippen molar-refractivity contribution >= 4 is 11.7 Å². The molecule has 4 unspecified atom stereocenters. The average Bonchev–Trinajstić information content (AvgIpc) is 3.01. The molecule has 7 heteroatoms. The molecule has 0 aromatic heterocycles. The monoisotopic (exact) mass is 430 g/mol. The van der Waals surface area contributed by atoms with Gasteiger partial charge in [0.2, 0.25) is 0 Å². The predicted molar refractivity (Wildman–Crippen MR) is 114 cm³/mol. The van der Waals surface area contributed by atoms with Crippen molar-refractivity contribution in [2.24, 2.45) is 5.92 Å². The number of rotatable bonds is 7. The number of fused-ring (bicyclic) bond motifs is 1. The topological polar surface area (TPSA) is 59.1 Å². The lowest BCUT2D eigenvalue weighted by molar-refractivity contribution is -0.136. The van der Waals surface area contributed by atoms with Gasteiger partial charge in [0.15, 0.2) is 11.5 Å². The van der Waals surface area contributed by atoms with Crippen LogP contribution in [0.4, 0.5) is 4.39 Å². The molecular formula is C24H31FN2O4. The van der Waals surface area contributed by atoms with Gasteiger partial charge in [0.1, 0.15) is 18.0 Å². The number of ether oxygens (including phenoxy) is 2. The van der Waals surface area contributed by atoms with Crippen LogP contribution in [0.5, 0.6) is 5.75 Å². The Morgan fingerprint density at radius 3 is 2.81 bits per heavy atom. The third-order valence-corrected chi connectivity index (χ3v) is 6.37. The summed E-state index contributed by atoms with van der Waals surface area (Å²) in [6, 6.07) is 7.00. The highest BCUT2D eigenvalue weighted by atomic mass is 19.1. The second-order valence-corrected chi connectivity index (χ2v) is 8.84. The highest BCUT2D eigenvalue weighted by Gasteiger charge is 2.52. The summed E-state index contributed by atoms with van der Waals surface area (Å²) in [5.41, 5.74) is 1.20. The summed E-state index contributed by atoms with van der Waals surface area (Å²) in [6.45, 7) is 3.77. The van der Waals surface area contributed by atoms with Crippen molar-refractivity contribution < 1.29 is 23.5 Å². The van der Waals surface area contributed by atoms with Crippen LogP contribution in [-0.4, -0.2) is 67.6 Å². The molecule has 168 valence electrons. The maximum absolute atomic E-state index is 14.1. The Labute approximate surface area is 183 Å². The van der Waals surface area contributed by atoms with Crippen molar-refractivity contribution in [2.75, 3.05) is 33.8 Å². The van der Waals surface area contributed by atoms with Crippen LogP contribution in [0.25, 0.3) is 0 Å². The van der Waals surface area contributed by atoms with E-state index < -0.39 is 24.2 Å². The van der Waals surface area contributed by atoms with E-state index in [1.54, 1.807) is 4.90 Å². The number of halogens is 1. The Kier molecular flexibility index (Phi) is 6.32. The fourth-order valence-electron chi connectivity index (χ4n) is 4.94. The van der Waals surface area contributed by atoms with Gasteiger partial charge in [0.05, 0.1) is 24.1 Å². The van der Waals surface area contributed by atoms with Crippen molar-refractivity contribution in [3.8, 4) is 5.75 Å².